The summed E-state index contributed by atoms with van der Waals surface area (Å²) in [6.45, 7) is 3.98. The fourth-order valence-electron chi connectivity index (χ4n) is 4.32. The van der Waals surface area contributed by atoms with E-state index in [1.165, 1.54) is 5.56 Å². The first kappa shape index (κ1) is 19.4. The minimum atomic E-state index is -0.0777. The number of urea groups is 1. The van der Waals surface area contributed by atoms with Crippen molar-refractivity contribution < 1.29 is 9.59 Å². The van der Waals surface area contributed by atoms with Crippen LogP contribution in [0.15, 0.2) is 48.7 Å². The second kappa shape index (κ2) is 7.85. The van der Waals surface area contributed by atoms with E-state index in [4.69, 9.17) is 0 Å². The molecule has 6 nitrogen and oxygen atoms in total. The molecule has 2 aliphatic rings. The summed E-state index contributed by atoms with van der Waals surface area (Å²) in [6, 6.07) is 13.6. The van der Waals surface area contributed by atoms with Gasteiger partial charge in [0.25, 0.3) is 0 Å². The number of hydrogen-bond acceptors (Lipinski definition) is 3. The third-order valence-corrected chi connectivity index (χ3v) is 6.28. The molecule has 3 amide bonds. The van der Waals surface area contributed by atoms with Crippen LogP contribution in [0.25, 0.3) is 0 Å². The Morgan fingerprint density at radius 2 is 2.03 bits per heavy atom. The number of aryl methyl sites for hydroxylation is 1. The van der Waals surface area contributed by atoms with Crippen molar-refractivity contribution >= 4 is 17.6 Å². The maximum Gasteiger partial charge on any atom is 0.321 e. The predicted octanol–water partition coefficient (Wildman–Crippen LogP) is 3.55. The average Bonchev–Trinajstić information content (AvgIpc) is 3.27. The first-order valence-corrected chi connectivity index (χ1v) is 10.3. The SMILES string of the molecule is CCc1ccc(NC(=O)N2CC[C@]3(C[C@H]3C(=O)N(C)Cc3ccccn3)C2)cc1. The third-order valence-electron chi connectivity index (χ3n) is 6.28. The molecule has 4 rings (SSSR count). The maximum atomic E-state index is 12.9. The van der Waals surface area contributed by atoms with Crippen LogP contribution in [0.1, 0.15) is 31.0 Å². The Labute approximate surface area is 171 Å². The van der Waals surface area contributed by atoms with Gasteiger partial charge in [-0.05, 0) is 49.1 Å². The zero-order valence-electron chi connectivity index (χ0n) is 17.1. The molecule has 1 spiro atoms. The molecule has 0 unspecified atom stereocenters. The van der Waals surface area contributed by atoms with Crippen LogP contribution in [-0.4, -0.2) is 46.9 Å². The molecule has 2 fully saturated rings. The molecule has 152 valence electrons. The van der Waals surface area contributed by atoms with Gasteiger partial charge >= 0.3 is 6.03 Å². The lowest BCUT2D eigenvalue weighted by Crippen LogP contribution is -2.34. The highest BCUT2D eigenvalue weighted by Gasteiger charge is 2.61. The van der Waals surface area contributed by atoms with E-state index in [2.05, 4.69) is 17.2 Å². The molecule has 6 heteroatoms. The second-order valence-electron chi connectivity index (χ2n) is 8.29. The molecule has 2 atom stereocenters. The predicted molar refractivity (Wildman–Crippen MR) is 112 cm³/mol. The fourth-order valence-corrected chi connectivity index (χ4v) is 4.32. The molecule has 1 aromatic carbocycles. The topological polar surface area (TPSA) is 65.5 Å². The van der Waals surface area contributed by atoms with Gasteiger partial charge in [-0.3, -0.25) is 9.78 Å². The summed E-state index contributed by atoms with van der Waals surface area (Å²) in [5, 5.41) is 2.98. The van der Waals surface area contributed by atoms with Crippen molar-refractivity contribution in [1.29, 1.82) is 0 Å². The molecule has 1 saturated heterocycles. The first-order valence-electron chi connectivity index (χ1n) is 10.3. The lowest BCUT2D eigenvalue weighted by Gasteiger charge is -2.20. The molecule has 29 heavy (non-hydrogen) atoms. The van der Waals surface area contributed by atoms with Crippen LogP contribution in [0, 0.1) is 11.3 Å². The van der Waals surface area contributed by atoms with E-state index in [1.54, 1.807) is 11.1 Å². The molecular weight excluding hydrogens is 364 g/mol. The lowest BCUT2D eigenvalue weighted by atomic mass is 10.0. The molecule has 1 aliphatic carbocycles. The summed E-state index contributed by atoms with van der Waals surface area (Å²) in [7, 11) is 1.84. The normalized spacial score (nSPS) is 22.6. The highest BCUT2D eigenvalue weighted by Crippen LogP contribution is 2.59. The van der Waals surface area contributed by atoms with Crippen molar-refractivity contribution in [3.05, 3.63) is 59.9 Å². The number of likely N-dealkylation sites (tertiary alicyclic amines) is 1. The number of amides is 3. The Balaban J connectivity index is 1.31. The summed E-state index contributed by atoms with van der Waals surface area (Å²) in [5.74, 6) is 0.172. The van der Waals surface area contributed by atoms with Gasteiger partial charge in [-0.25, -0.2) is 4.79 Å². The number of rotatable bonds is 5. The zero-order valence-corrected chi connectivity index (χ0v) is 17.1. The van der Waals surface area contributed by atoms with Crippen molar-refractivity contribution in [2.45, 2.75) is 32.7 Å². The second-order valence-corrected chi connectivity index (χ2v) is 8.29. The summed E-state index contributed by atoms with van der Waals surface area (Å²) in [4.78, 5) is 33.4. The highest BCUT2D eigenvalue weighted by atomic mass is 16.2. The largest absolute Gasteiger partial charge is 0.340 e. The van der Waals surface area contributed by atoms with Crippen molar-refractivity contribution in [2.75, 3.05) is 25.5 Å². The van der Waals surface area contributed by atoms with Crippen molar-refractivity contribution in [1.82, 2.24) is 14.8 Å². The van der Waals surface area contributed by atoms with Crippen LogP contribution in [-0.2, 0) is 17.8 Å². The van der Waals surface area contributed by atoms with Gasteiger partial charge in [-0.1, -0.05) is 25.1 Å². The van der Waals surface area contributed by atoms with Crippen molar-refractivity contribution in [3.8, 4) is 0 Å². The smallest absolute Gasteiger partial charge is 0.321 e. The molecule has 1 saturated carbocycles. The Morgan fingerprint density at radius 3 is 2.72 bits per heavy atom. The lowest BCUT2D eigenvalue weighted by molar-refractivity contribution is -0.132. The number of nitrogens with one attached hydrogen (secondary N) is 1. The zero-order chi connectivity index (χ0) is 20.4. The van der Waals surface area contributed by atoms with Crippen LogP contribution < -0.4 is 5.32 Å². The standard InChI is InChI=1S/C23H28N4O2/c1-3-17-7-9-18(10-8-17)25-22(29)27-13-11-23(16-27)14-20(23)21(28)26(2)15-19-6-4-5-12-24-19/h4-10,12,20H,3,11,13-16H2,1-2H3,(H,25,29)/t20-,23-/m0/s1. The Morgan fingerprint density at radius 1 is 1.24 bits per heavy atom. The molecule has 1 aliphatic heterocycles. The monoisotopic (exact) mass is 392 g/mol. The van der Waals surface area contributed by atoms with Gasteiger partial charge in [-0.2, -0.15) is 0 Å². The number of aromatic nitrogens is 1. The minimum Gasteiger partial charge on any atom is -0.340 e. The van der Waals surface area contributed by atoms with Crippen LogP contribution in [0.5, 0.6) is 0 Å². The summed E-state index contributed by atoms with van der Waals surface area (Å²) >= 11 is 0. The first-order chi connectivity index (χ1) is 14.0. The van der Waals surface area contributed by atoms with E-state index in [0.29, 0.717) is 19.6 Å². The van der Waals surface area contributed by atoms with Gasteiger partial charge in [0, 0.05) is 43.4 Å². The number of hydrogen-bond donors (Lipinski definition) is 1. The number of carbonyl (C=O) groups excluding carboxylic acids is 2. The summed E-state index contributed by atoms with van der Waals surface area (Å²) < 4.78 is 0. The average molecular weight is 393 g/mol. The molecule has 1 N–H and O–H groups in total. The van der Waals surface area contributed by atoms with Gasteiger partial charge in [0.05, 0.1) is 12.2 Å². The van der Waals surface area contributed by atoms with E-state index in [-0.39, 0.29) is 23.3 Å². The van der Waals surface area contributed by atoms with Gasteiger partial charge < -0.3 is 15.1 Å². The van der Waals surface area contributed by atoms with Crippen molar-refractivity contribution in [2.24, 2.45) is 11.3 Å². The van der Waals surface area contributed by atoms with Gasteiger partial charge in [0.15, 0.2) is 0 Å². The third kappa shape index (κ3) is 4.11. The molecule has 1 aromatic heterocycles. The number of pyridine rings is 1. The van der Waals surface area contributed by atoms with Crippen molar-refractivity contribution in [3.63, 3.8) is 0 Å². The minimum absolute atomic E-state index is 0.0119. The van der Waals surface area contributed by atoms with Crippen LogP contribution in [0.3, 0.4) is 0 Å². The molecule has 2 aromatic rings. The van der Waals surface area contributed by atoms with Gasteiger partial charge in [0.1, 0.15) is 0 Å². The Hall–Kier alpha value is -2.89. The maximum absolute atomic E-state index is 12.9. The molecular formula is C23H28N4O2. The van der Waals surface area contributed by atoms with E-state index in [9.17, 15) is 9.59 Å². The Kier molecular flexibility index (Phi) is 5.26. The fraction of sp³-hybridized carbons (Fsp3) is 0.435. The molecule has 0 radical (unpaired) electrons. The van der Waals surface area contributed by atoms with Crippen LogP contribution >= 0.6 is 0 Å². The summed E-state index contributed by atoms with van der Waals surface area (Å²) in [5.41, 5.74) is 2.90. The molecule has 2 heterocycles. The van der Waals surface area contributed by atoms with E-state index >= 15 is 0 Å². The quantitative estimate of drug-likeness (QED) is 0.846. The summed E-state index contributed by atoms with van der Waals surface area (Å²) in [6.07, 6.45) is 4.49. The van der Waals surface area contributed by atoms with Crippen LogP contribution in [0.4, 0.5) is 10.5 Å². The van der Waals surface area contributed by atoms with Crippen LogP contribution in [0.2, 0.25) is 0 Å². The number of carbonyl (C=O) groups is 2. The number of nitrogens with zero attached hydrogens (tertiary/aromatic N) is 3. The number of anilines is 1. The Bertz CT molecular complexity index is 884. The van der Waals surface area contributed by atoms with E-state index < -0.39 is 0 Å². The van der Waals surface area contributed by atoms with Gasteiger partial charge in [-0.15, -0.1) is 0 Å². The van der Waals surface area contributed by atoms with E-state index in [0.717, 1.165) is 30.6 Å². The number of benzene rings is 1. The van der Waals surface area contributed by atoms with Gasteiger partial charge in [0.2, 0.25) is 5.91 Å². The molecule has 0 bridgehead atoms. The van der Waals surface area contributed by atoms with E-state index in [1.807, 2.05) is 54.4 Å². The highest BCUT2D eigenvalue weighted by molar-refractivity contribution is 5.90.